The zero-order chi connectivity index (χ0) is 14.7. The number of thioether (sulfide) groups is 1. The molecule has 0 aromatic carbocycles. The first-order chi connectivity index (χ1) is 10.2. The molecule has 0 bridgehead atoms. The molecule has 1 aliphatic carbocycles. The molecule has 1 saturated heterocycles. The molecule has 1 amide bonds. The zero-order valence-corrected chi connectivity index (χ0v) is 13.4. The molecule has 0 N–H and O–H groups in total. The van der Waals surface area contributed by atoms with Crippen LogP contribution in [0.4, 0.5) is 0 Å². The van der Waals surface area contributed by atoms with Gasteiger partial charge in [0.25, 0.3) is 0 Å². The predicted molar refractivity (Wildman–Crippen MR) is 85.0 cm³/mol. The quantitative estimate of drug-likeness (QED) is 0.834. The highest BCUT2D eigenvalue weighted by atomic mass is 35.5. The molecule has 4 nitrogen and oxygen atoms in total. The van der Waals surface area contributed by atoms with Gasteiger partial charge in [-0.2, -0.15) is 0 Å². The number of nitrogens with zero attached hydrogens (tertiary/aromatic N) is 2. The maximum Gasteiger partial charge on any atom is 0.232 e. The van der Waals surface area contributed by atoms with Crippen LogP contribution in [-0.2, 0) is 4.79 Å². The number of hydrogen-bond donors (Lipinski definition) is 0. The highest BCUT2D eigenvalue weighted by molar-refractivity contribution is 8.00. The van der Waals surface area contributed by atoms with Crippen LogP contribution < -0.4 is 4.74 Å². The summed E-state index contributed by atoms with van der Waals surface area (Å²) in [7, 11) is 0. The molecule has 0 spiro atoms. The van der Waals surface area contributed by atoms with Gasteiger partial charge >= 0.3 is 0 Å². The number of aromatic nitrogens is 1. The Kier molecular flexibility index (Phi) is 4.91. The number of likely N-dealkylation sites (tertiary alicyclic amines) is 1. The average Bonchev–Trinajstić information content (AvgIpc) is 2.95. The molecule has 0 atom stereocenters. The maximum atomic E-state index is 12.1. The third kappa shape index (κ3) is 3.83. The van der Waals surface area contributed by atoms with Crippen LogP contribution in [0.3, 0.4) is 0 Å². The van der Waals surface area contributed by atoms with Gasteiger partial charge in [-0.05, 0) is 25.0 Å². The van der Waals surface area contributed by atoms with Crippen LogP contribution in [0.15, 0.2) is 18.3 Å². The van der Waals surface area contributed by atoms with E-state index in [0.29, 0.717) is 35.0 Å². The molecule has 1 saturated carbocycles. The lowest BCUT2D eigenvalue weighted by Gasteiger charge is -2.38. The van der Waals surface area contributed by atoms with Crippen LogP contribution in [0.1, 0.15) is 25.7 Å². The molecule has 1 aromatic heterocycles. The summed E-state index contributed by atoms with van der Waals surface area (Å²) >= 11 is 7.81. The number of ether oxygens (including phenoxy) is 1. The molecule has 2 heterocycles. The van der Waals surface area contributed by atoms with E-state index >= 15 is 0 Å². The van der Waals surface area contributed by atoms with Crippen LogP contribution in [0, 0.1) is 0 Å². The zero-order valence-electron chi connectivity index (χ0n) is 11.8. The van der Waals surface area contributed by atoms with Gasteiger partial charge in [0, 0.05) is 11.4 Å². The van der Waals surface area contributed by atoms with E-state index in [-0.39, 0.29) is 12.0 Å². The molecule has 2 fully saturated rings. The number of rotatable bonds is 5. The van der Waals surface area contributed by atoms with Gasteiger partial charge in [-0.3, -0.25) is 4.79 Å². The lowest BCUT2D eigenvalue weighted by molar-refractivity contribution is -0.137. The van der Waals surface area contributed by atoms with Gasteiger partial charge in [0.15, 0.2) is 0 Å². The van der Waals surface area contributed by atoms with Gasteiger partial charge in [0.2, 0.25) is 11.8 Å². The molecule has 0 radical (unpaired) electrons. The van der Waals surface area contributed by atoms with Crippen molar-refractivity contribution in [3.63, 3.8) is 0 Å². The number of pyridine rings is 1. The van der Waals surface area contributed by atoms with Gasteiger partial charge < -0.3 is 9.64 Å². The Labute approximate surface area is 134 Å². The van der Waals surface area contributed by atoms with Crippen molar-refractivity contribution in [3.05, 3.63) is 23.4 Å². The summed E-state index contributed by atoms with van der Waals surface area (Å²) in [6.45, 7) is 1.27. The van der Waals surface area contributed by atoms with Crippen molar-refractivity contribution in [2.45, 2.75) is 37.0 Å². The number of amides is 1. The molecular formula is C15H19ClN2O2S. The molecule has 21 heavy (non-hydrogen) atoms. The predicted octanol–water partition coefficient (Wildman–Crippen LogP) is 3.00. The van der Waals surface area contributed by atoms with Gasteiger partial charge in [0.05, 0.1) is 18.8 Å². The van der Waals surface area contributed by atoms with E-state index in [2.05, 4.69) is 4.98 Å². The van der Waals surface area contributed by atoms with E-state index in [0.717, 1.165) is 0 Å². The number of halogens is 1. The Morgan fingerprint density at radius 1 is 1.43 bits per heavy atom. The second-order valence-electron chi connectivity index (χ2n) is 5.55. The minimum atomic E-state index is 0.0119. The summed E-state index contributed by atoms with van der Waals surface area (Å²) in [6, 6.07) is 3.52. The smallest absolute Gasteiger partial charge is 0.232 e. The fourth-order valence-electron chi connectivity index (χ4n) is 2.67. The summed E-state index contributed by atoms with van der Waals surface area (Å²) < 4.78 is 5.70. The average molecular weight is 327 g/mol. The van der Waals surface area contributed by atoms with Crippen LogP contribution in [-0.4, -0.2) is 46.0 Å². The Hall–Kier alpha value is -0.940. The topological polar surface area (TPSA) is 42.4 Å². The van der Waals surface area contributed by atoms with Crippen molar-refractivity contribution in [1.29, 1.82) is 0 Å². The van der Waals surface area contributed by atoms with E-state index < -0.39 is 0 Å². The Bertz CT molecular complexity index is 502. The number of carbonyl (C=O) groups is 1. The van der Waals surface area contributed by atoms with Crippen molar-refractivity contribution in [2.24, 2.45) is 0 Å². The van der Waals surface area contributed by atoms with Crippen LogP contribution in [0.2, 0.25) is 5.02 Å². The SMILES string of the molecule is O=C(CSC1CCCC1)N1CC(Oc2ncccc2Cl)C1. The Morgan fingerprint density at radius 2 is 2.19 bits per heavy atom. The summed E-state index contributed by atoms with van der Waals surface area (Å²) in [6.07, 6.45) is 6.83. The fraction of sp³-hybridized carbons (Fsp3) is 0.600. The summed E-state index contributed by atoms with van der Waals surface area (Å²) in [5.41, 5.74) is 0. The van der Waals surface area contributed by atoms with Gasteiger partial charge in [-0.1, -0.05) is 24.4 Å². The Balaban J connectivity index is 1.39. The summed E-state index contributed by atoms with van der Waals surface area (Å²) in [4.78, 5) is 18.0. The van der Waals surface area contributed by atoms with E-state index in [4.69, 9.17) is 16.3 Å². The van der Waals surface area contributed by atoms with Crippen molar-refractivity contribution in [1.82, 2.24) is 9.88 Å². The largest absolute Gasteiger partial charge is 0.470 e. The Morgan fingerprint density at radius 3 is 2.90 bits per heavy atom. The number of carbonyl (C=O) groups excluding carboxylic acids is 1. The van der Waals surface area contributed by atoms with E-state index in [1.165, 1.54) is 25.7 Å². The molecular weight excluding hydrogens is 308 g/mol. The standard InChI is InChI=1S/C15H19ClN2O2S/c16-13-6-3-7-17-15(13)20-11-8-18(9-11)14(19)10-21-12-4-1-2-5-12/h3,6-7,11-12H,1-2,4-5,8-10H2. The van der Waals surface area contributed by atoms with Gasteiger partial charge in [0.1, 0.15) is 11.1 Å². The molecule has 1 aliphatic heterocycles. The van der Waals surface area contributed by atoms with E-state index in [1.807, 2.05) is 16.7 Å². The molecule has 2 aliphatic rings. The third-order valence-corrected chi connectivity index (χ3v) is 5.59. The highest BCUT2D eigenvalue weighted by Gasteiger charge is 2.33. The van der Waals surface area contributed by atoms with Crippen molar-refractivity contribution in [3.8, 4) is 5.88 Å². The van der Waals surface area contributed by atoms with Gasteiger partial charge in [-0.25, -0.2) is 4.98 Å². The molecule has 0 unspecified atom stereocenters. The van der Waals surface area contributed by atoms with Crippen LogP contribution in [0.5, 0.6) is 5.88 Å². The fourth-order valence-corrected chi connectivity index (χ4v) is 4.06. The number of hydrogen-bond acceptors (Lipinski definition) is 4. The highest BCUT2D eigenvalue weighted by Crippen LogP contribution is 2.30. The first kappa shape index (κ1) is 15.0. The van der Waals surface area contributed by atoms with E-state index in [9.17, 15) is 4.79 Å². The summed E-state index contributed by atoms with van der Waals surface area (Å²) in [5, 5.41) is 1.20. The molecule has 1 aromatic rings. The monoisotopic (exact) mass is 326 g/mol. The molecule has 3 rings (SSSR count). The van der Waals surface area contributed by atoms with Crippen molar-refractivity contribution < 1.29 is 9.53 Å². The van der Waals surface area contributed by atoms with Crippen molar-refractivity contribution >= 4 is 29.3 Å². The van der Waals surface area contributed by atoms with Crippen molar-refractivity contribution in [2.75, 3.05) is 18.8 Å². The minimum absolute atomic E-state index is 0.0119. The normalized spacial score (nSPS) is 19.6. The lowest BCUT2D eigenvalue weighted by Crippen LogP contribution is -2.56. The maximum absolute atomic E-state index is 12.1. The molecule has 6 heteroatoms. The van der Waals surface area contributed by atoms with Gasteiger partial charge in [-0.15, -0.1) is 11.8 Å². The van der Waals surface area contributed by atoms with Crippen LogP contribution >= 0.6 is 23.4 Å². The second-order valence-corrected chi connectivity index (χ2v) is 7.24. The van der Waals surface area contributed by atoms with E-state index in [1.54, 1.807) is 18.3 Å². The second kappa shape index (κ2) is 6.88. The lowest BCUT2D eigenvalue weighted by atomic mass is 10.2. The summed E-state index contributed by atoms with van der Waals surface area (Å²) in [5.74, 6) is 1.28. The third-order valence-electron chi connectivity index (χ3n) is 3.95. The van der Waals surface area contributed by atoms with Crippen LogP contribution in [0.25, 0.3) is 0 Å². The first-order valence-electron chi connectivity index (χ1n) is 7.39. The molecule has 114 valence electrons. The first-order valence-corrected chi connectivity index (χ1v) is 8.81. The minimum Gasteiger partial charge on any atom is -0.470 e.